The van der Waals surface area contributed by atoms with Gasteiger partial charge in [0.05, 0.1) is 7.11 Å². The number of benzene rings is 2. The first-order valence-corrected chi connectivity index (χ1v) is 8.66. The van der Waals surface area contributed by atoms with Crippen molar-refractivity contribution in [1.29, 1.82) is 0 Å². The molecule has 0 bridgehead atoms. The number of rotatable bonds is 7. The average Bonchev–Trinajstić information content (AvgIpc) is 2.63. The maximum atomic E-state index is 12.2. The first kappa shape index (κ1) is 18.8. The van der Waals surface area contributed by atoms with Crippen LogP contribution in [0.2, 0.25) is 0 Å². The fourth-order valence-electron chi connectivity index (χ4n) is 2.80. The highest BCUT2D eigenvalue weighted by atomic mass is 16.5. The van der Waals surface area contributed by atoms with E-state index in [0.29, 0.717) is 24.6 Å². The molecule has 0 N–H and O–H groups in total. The van der Waals surface area contributed by atoms with Crippen LogP contribution in [0, 0.1) is 13.8 Å². The monoisotopic (exact) mass is 341 g/mol. The number of likely N-dealkylation sites (N-methyl/N-ethyl adjacent to an activating group) is 1. The Kier molecular flexibility index (Phi) is 6.45. The van der Waals surface area contributed by atoms with Crippen LogP contribution in [0.4, 0.5) is 0 Å². The lowest BCUT2D eigenvalue weighted by Gasteiger charge is -2.19. The summed E-state index contributed by atoms with van der Waals surface area (Å²) in [7, 11) is 1.63. The highest BCUT2D eigenvalue weighted by molar-refractivity contribution is 5.78. The number of nitrogens with zero attached hydrogens (tertiary/aromatic N) is 1. The van der Waals surface area contributed by atoms with E-state index in [9.17, 15) is 4.79 Å². The first-order chi connectivity index (χ1) is 12.0. The molecule has 0 aliphatic heterocycles. The Morgan fingerprint density at radius 1 is 1.04 bits per heavy atom. The third-order valence-electron chi connectivity index (χ3n) is 4.51. The van der Waals surface area contributed by atoms with E-state index in [4.69, 9.17) is 9.47 Å². The van der Waals surface area contributed by atoms with Gasteiger partial charge in [0.15, 0.2) is 6.61 Å². The average molecular weight is 341 g/mol. The number of aryl methyl sites for hydroxylation is 1. The second-order valence-corrected chi connectivity index (χ2v) is 6.00. The van der Waals surface area contributed by atoms with Crippen LogP contribution in [-0.2, 0) is 4.79 Å². The minimum absolute atomic E-state index is 0.0129. The zero-order valence-electron chi connectivity index (χ0n) is 15.8. The zero-order chi connectivity index (χ0) is 18.4. The van der Waals surface area contributed by atoms with Gasteiger partial charge >= 0.3 is 0 Å². The van der Waals surface area contributed by atoms with Gasteiger partial charge in [0.2, 0.25) is 0 Å². The number of carbonyl (C=O) groups excluding carboxylic acids is 1. The SMILES string of the molecule is CCN(CC)C(=O)COc1cc(OC)cc(-c2cccc(C)c2C)c1. The number of ether oxygens (including phenoxy) is 2. The van der Waals surface area contributed by atoms with Gasteiger partial charge in [-0.15, -0.1) is 0 Å². The van der Waals surface area contributed by atoms with Crippen molar-refractivity contribution in [2.24, 2.45) is 0 Å². The molecule has 1 amide bonds. The van der Waals surface area contributed by atoms with Crippen LogP contribution in [0.5, 0.6) is 11.5 Å². The summed E-state index contributed by atoms with van der Waals surface area (Å²) in [5.74, 6) is 1.33. The second-order valence-electron chi connectivity index (χ2n) is 6.00. The number of amides is 1. The van der Waals surface area contributed by atoms with Gasteiger partial charge in [0.25, 0.3) is 5.91 Å². The predicted molar refractivity (Wildman–Crippen MR) is 101 cm³/mol. The molecule has 2 aromatic carbocycles. The normalized spacial score (nSPS) is 10.4. The molecule has 134 valence electrons. The lowest BCUT2D eigenvalue weighted by molar-refractivity contribution is -0.132. The van der Waals surface area contributed by atoms with Crippen molar-refractivity contribution in [3.05, 3.63) is 47.5 Å². The Bertz CT molecular complexity index is 736. The number of carbonyl (C=O) groups is 1. The van der Waals surface area contributed by atoms with Crippen LogP contribution in [0.1, 0.15) is 25.0 Å². The van der Waals surface area contributed by atoms with Crippen molar-refractivity contribution < 1.29 is 14.3 Å². The van der Waals surface area contributed by atoms with E-state index in [1.54, 1.807) is 12.0 Å². The molecular formula is C21H27NO3. The zero-order valence-corrected chi connectivity index (χ0v) is 15.8. The minimum Gasteiger partial charge on any atom is -0.497 e. The maximum Gasteiger partial charge on any atom is 0.260 e. The molecule has 4 heteroatoms. The molecular weight excluding hydrogens is 314 g/mol. The van der Waals surface area contributed by atoms with E-state index in [-0.39, 0.29) is 12.5 Å². The molecule has 0 heterocycles. The van der Waals surface area contributed by atoms with Gasteiger partial charge < -0.3 is 14.4 Å². The fourth-order valence-corrected chi connectivity index (χ4v) is 2.80. The van der Waals surface area contributed by atoms with Crippen molar-refractivity contribution in [2.45, 2.75) is 27.7 Å². The Labute approximate surface area is 150 Å². The van der Waals surface area contributed by atoms with E-state index in [1.807, 2.05) is 38.1 Å². The number of hydrogen-bond acceptors (Lipinski definition) is 3. The van der Waals surface area contributed by atoms with Crippen LogP contribution in [-0.4, -0.2) is 37.6 Å². The van der Waals surface area contributed by atoms with Gasteiger partial charge in [-0.3, -0.25) is 4.79 Å². The van der Waals surface area contributed by atoms with Gasteiger partial charge in [-0.1, -0.05) is 18.2 Å². The molecule has 0 saturated carbocycles. The molecule has 25 heavy (non-hydrogen) atoms. The maximum absolute atomic E-state index is 12.2. The quantitative estimate of drug-likeness (QED) is 0.756. The second kappa shape index (κ2) is 8.56. The van der Waals surface area contributed by atoms with E-state index >= 15 is 0 Å². The summed E-state index contributed by atoms with van der Waals surface area (Å²) in [4.78, 5) is 13.9. The lowest BCUT2D eigenvalue weighted by Crippen LogP contribution is -2.34. The summed E-state index contributed by atoms with van der Waals surface area (Å²) in [5.41, 5.74) is 4.62. The first-order valence-electron chi connectivity index (χ1n) is 8.66. The van der Waals surface area contributed by atoms with E-state index in [2.05, 4.69) is 26.0 Å². The molecule has 0 unspecified atom stereocenters. The van der Waals surface area contributed by atoms with E-state index in [0.717, 1.165) is 11.1 Å². The third-order valence-corrected chi connectivity index (χ3v) is 4.51. The molecule has 2 rings (SSSR count). The van der Waals surface area contributed by atoms with Gasteiger partial charge in [-0.25, -0.2) is 0 Å². The topological polar surface area (TPSA) is 38.8 Å². The summed E-state index contributed by atoms with van der Waals surface area (Å²) in [6.07, 6.45) is 0. The minimum atomic E-state index is -0.0129. The number of methoxy groups -OCH3 is 1. The van der Waals surface area contributed by atoms with Crippen molar-refractivity contribution in [2.75, 3.05) is 26.8 Å². The van der Waals surface area contributed by atoms with Crippen LogP contribution in [0.3, 0.4) is 0 Å². The molecule has 0 radical (unpaired) electrons. The van der Waals surface area contributed by atoms with Crippen LogP contribution in [0.25, 0.3) is 11.1 Å². The molecule has 0 spiro atoms. The van der Waals surface area contributed by atoms with Gasteiger partial charge in [-0.05, 0) is 62.1 Å². The summed E-state index contributed by atoms with van der Waals surface area (Å²) < 4.78 is 11.2. The molecule has 4 nitrogen and oxygen atoms in total. The summed E-state index contributed by atoms with van der Waals surface area (Å²) >= 11 is 0. The predicted octanol–water partition coefficient (Wildman–Crippen LogP) is 4.23. The Hall–Kier alpha value is -2.49. The molecule has 0 aliphatic rings. The smallest absolute Gasteiger partial charge is 0.260 e. The van der Waals surface area contributed by atoms with Gasteiger partial charge in [0.1, 0.15) is 11.5 Å². The van der Waals surface area contributed by atoms with Crippen LogP contribution in [0.15, 0.2) is 36.4 Å². The molecule has 2 aromatic rings. The molecule has 0 aromatic heterocycles. The van der Waals surface area contributed by atoms with Crippen molar-refractivity contribution in [1.82, 2.24) is 4.90 Å². The van der Waals surface area contributed by atoms with Crippen LogP contribution >= 0.6 is 0 Å². The lowest BCUT2D eigenvalue weighted by atomic mass is 9.97. The summed E-state index contributed by atoms with van der Waals surface area (Å²) in [6, 6.07) is 12.0. The highest BCUT2D eigenvalue weighted by Gasteiger charge is 2.12. The van der Waals surface area contributed by atoms with Gasteiger partial charge in [0, 0.05) is 19.2 Å². The van der Waals surface area contributed by atoms with E-state index in [1.165, 1.54) is 11.1 Å². The van der Waals surface area contributed by atoms with Crippen LogP contribution < -0.4 is 9.47 Å². The molecule has 0 saturated heterocycles. The molecule has 0 aliphatic carbocycles. The summed E-state index contributed by atoms with van der Waals surface area (Å²) in [6.45, 7) is 9.53. The fraction of sp³-hybridized carbons (Fsp3) is 0.381. The van der Waals surface area contributed by atoms with Crippen molar-refractivity contribution >= 4 is 5.91 Å². The standard InChI is InChI=1S/C21H27NO3/c1-6-22(7-2)21(23)14-25-19-12-17(11-18(13-19)24-5)20-10-8-9-15(3)16(20)4/h8-13H,6-7,14H2,1-5H3. The number of hydrogen-bond donors (Lipinski definition) is 0. The van der Waals surface area contributed by atoms with Crippen molar-refractivity contribution in [3.8, 4) is 22.6 Å². The Morgan fingerprint density at radius 3 is 2.36 bits per heavy atom. The Balaban J connectivity index is 2.28. The van der Waals surface area contributed by atoms with Gasteiger partial charge in [-0.2, -0.15) is 0 Å². The highest BCUT2D eigenvalue weighted by Crippen LogP contribution is 2.32. The van der Waals surface area contributed by atoms with E-state index < -0.39 is 0 Å². The summed E-state index contributed by atoms with van der Waals surface area (Å²) in [5, 5.41) is 0. The molecule has 0 fully saturated rings. The van der Waals surface area contributed by atoms with Crippen molar-refractivity contribution in [3.63, 3.8) is 0 Å². The third kappa shape index (κ3) is 4.53. The molecule has 0 atom stereocenters. The Morgan fingerprint density at radius 2 is 1.72 bits per heavy atom. The largest absolute Gasteiger partial charge is 0.497 e.